The van der Waals surface area contributed by atoms with E-state index < -0.39 is 70.5 Å². The fourth-order valence-electron chi connectivity index (χ4n) is 3.29. The Balaban J connectivity index is 2.92. The van der Waals surface area contributed by atoms with Gasteiger partial charge in [-0.25, -0.2) is 28.1 Å². The average Bonchev–Trinajstić information content (AvgIpc) is 3.09. The summed E-state index contributed by atoms with van der Waals surface area (Å²) >= 11 is 0. The summed E-state index contributed by atoms with van der Waals surface area (Å²) in [7, 11) is 5.05. The van der Waals surface area contributed by atoms with Crippen molar-refractivity contribution in [3.8, 4) is 0 Å². The van der Waals surface area contributed by atoms with Crippen molar-refractivity contribution in [2.75, 3.05) is 56.9 Å². The van der Waals surface area contributed by atoms with Crippen LogP contribution in [0.15, 0.2) is 14.4 Å². The zero-order valence-corrected chi connectivity index (χ0v) is 35.6. The summed E-state index contributed by atoms with van der Waals surface area (Å²) in [5, 5.41) is -1.65. The van der Waals surface area contributed by atoms with E-state index in [1.54, 1.807) is 0 Å². The Morgan fingerprint density at radius 1 is 0.481 bits per heavy atom. The van der Waals surface area contributed by atoms with Crippen molar-refractivity contribution in [1.29, 1.82) is 0 Å². The van der Waals surface area contributed by atoms with Crippen LogP contribution >= 0.6 is 64.8 Å². The summed E-state index contributed by atoms with van der Waals surface area (Å²) in [4.78, 5) is 105. The maximum Gasteiger partial charge on any atom is 0.561 e. The van der Waals surface area contributed by atoms with E-state index >= 15 is 0 Å². The molecule has 0 fully saturated rings. The molecule has 54 heavy (non-hydrogen) atoms. The van der Waals surface area contributed by atoms with Crippen LogP contribution in [0.1, 0.15) is 41.5 Å². The molecule has 0 radical (unpaired) electrons. The Hall–Kier alpha value is -2.67. The monoisotopic (exact) mass is 882 g/mol. The van der Waals surface area contributed by atoms with Crippen LogP contribution in [0.4, 0.5) is 0 Å². The Bertz CT molecular complexity index is 1370. The first-order valence-corrected chi connectivity index (χ1v) is 23.3. The third-order valence-corrected chi connectivity index (χ3v) is 11.3. The summed E-state index contributed by atoms with van der Waals surface area (Å²) in [5.74, 6) is -1.18. The molecule has 1 aromatic heterocycles. The molecule has 3 N–H and O–H groups in total. The van der Waals surface area contributed by atoms with Gasteiger partial charge in [0, 0.05) is 0 Å². The highest BCUT2D eigenvalue weighted by Crippen LogP contribution is 2.24. The lowest BCUT2D eigenvalue weighted by Gasteiger charge is -2.11. The Kier molecular flexibility index (Phi) is 25.4. The van der Waals surface area contributed by atoms with Crippen LogP contribution in [0.3, 0.4) is 0 Å². The molecule has 1 heterocycles. The molecule has 0 saturated heterocycles. The van der Waals surface area contributed by atoms with Crippen molar-refractivity contribution in [2.24, 2.45) is 17.8 Å². The molecule has 0 unspecified atom stereocenters. The van der Waals surface area contributed by atoms with E-state index in [4.69, 9.17) is 28.4 Å². The zero-order chi connectivity index (χ0) is 40.6. The largest absolute Gasteiger partial charge is 0.561 e. The van der Waals surface area contributed by atoms with Crippen LogP contribution in [-0.4, -0.2) is 119 Å². The Morgan fingerprint density at radius 2 is 0.722 bits per heavy atom. The fourth-order valence-corrected chi connectivity index (χ4v) is 7.44. The number of hydrogen-bond acceptors (Lipinski definition) is 18. The second kappa shape index (κ2) is 27.8. The van der Waals surface area contributed by atoms with Gasteiger partial charge in [-0.2, -0.15) is 0 Å². The highest BCUT2D eigenvalue weighted by Gasteiger charge is 2.23. The van der Waals surface area contributed by atoms with E-state index in [9.17, 15) is 43.2 Å². The van der Waals surface area contributed by atoms with E-state index in [1.807, 2.05) is 41.5 Å². The number of esters is 3. The van der Waals surface area contributed by atoms with E-state index in [-0.39, 0.29) is 74.7 Å². The van der Waals surface area contributed by atoms with Gasteiger partial charge >= 0.3 is 50.9 Å². The number of carbonyl (C=O) groups is 3. The van der Waals surface area contributed by atoms with Gasteiger partial charge in [0.2, 0.25) is 19.8 Å². The average molecular weight is 883 g/mol. The van der Waals surface area contributed by atoms with Gasteiger partial charge < -0.3 is 42.8 Å². The lowest BCUT2D eigenvalue weighted by molar-refractivity contribution is -0.142. The number of aromatic nitrogens is 3. The molecule has 0 aromatic carbocycles. The molecule has 18 nitrogen and oxygen atoms in total. The third kappa shape index (κ3) is 22.0. The summed E-state index contributed by atoms with van der Waals surface area (Å²) in [6.07, 6.45) is 0. The highest BCUT2D eigenvalue weighted by molar-refractivity contribution is 8.82. The molecule has 0 aliphatic rings. The molecule has 306 valence electrons. The first-order chi connectivity index (χ1) is 25.5. The second-order valence-electron chi connectivity index (χ2n) is 11.9. The van der Waals surface area contributed by atoms with Crippen molar-refractivity contribution in [3.63, 3.8) is 0 Å². The molecule has 0 spiro atoms. The maximum atomic E-state index is 13.3. The van der Waals surface area contributed by atoms with Crippen molar-refractivity contribution in [3.05, 3.63) is 31.5 Å². The Labute approximate surface area is 335 Å². The predicted octanol–water partition coefficient (Wildman–Crippen LogP) is 2.34. The minimum atomic E-state index is -1.04. The van der Waals surface area contributed by atoms with Gasteiger partial charge in [0.15, 0.2) is 0 Å². The SMILES string of the molecule is CC(C)COC(=O)CSSC(=[OH+])OCCn1c(=O)n(CCOC(=[OH+])SSCC(=O)OCC(C)C)c(=O)n(CCOC(=[OH+])SSCC(=O)OCC(C)C)c1=O. The van der Waals surface area contributed by atoms with Crippen LogP contribution in [0.25, 0.3) is 0 Å². The molecule has 1 aromatic rings. The number of carbonyl (C=O) groups excluding carboxylic acids is 6. The van der Waals surface area contributed by atoms with Gasteiger partial charge in [-0.3, -0.25) is 14.4 Å². The summed E-state index contributed by atoms with van der Waals surface area (Å²) in [6.45, 7) is 9.68. The van der Waals surface area contributed by atoms with Crippen LogP contribution in [0.2, 0.25) is 0 Å². The van der Waals surface area contributed by atoms with Gasteiger partial charge in [0.25, 0.3) is 0 Å². The topological polar surface area (TPSA) is 237 Å². The molecule has 0 aliphatic heterocycles. The number of hydrogen-bond donors (Lipinski definition) is 0. The van der Waals surface area contributed by atoms with E-state index in [0.29, 0.717) is 13.7 Å². The predicted molar refractivity (Wildman–Crippen MR) is 215 cm³/mol. The minimum absolute atomic E-state index is 0.0753. The van der Waals surface area contributed by atoms with Crippen LogP contribution in [-0.2, 0) is 62.4 Å². The van der Waals surface area contributed by atoms with Gasteiger partial charge in [-0.15, -0.1) is 0 Å². The van der Waals surface area contributed by atoms with Gasteiger partial charge in [-0.1, -0.05) is 73.9 Å². The van der Waals surface area contributed by atoms with Gasteiger partial charge in [0.05, 0.1) is 71.8 Å². The number of rotatable bonds is 24. The molecule has 0 bridgehead atoms. The van der Waals surface area contributed by atoms with E-state index in [1.165, 1.54) is 0 Å². The number of ether oxygens (including phenoxy) is 6. The molecule has 24 heteroatoms. The lowest BCUT2D eigenvalue weighted by atomic mass is 10.2. The van der Waals surface area contributed by atoms with Crippen LogP contribution < -0.4 is 17.1 Å². The third-order valence-electron chi connectivity index (χ3n) is 5.66. The molecule has 0 saturated carbocycles. The summed E-state index contributed by atoms with van der Waals surface area (Å²) < 4.78 is 32.8. The molecular formula is C30H48N3O15S6+3. The quantitative estimate of drug-likeness (QED) is 0.0627. The standard InChI is InChI=1S/C30H45N3O15S6/c1-19(2)13-46-22(34)16-49-52-28(40)43-10-7-31-25(37)32(8-11-44-29(41)53-50-17-23(35)47-14-20(3)4)27(39)33(26(31)38)9-12-45-30(42)54-51-18-24(36)48-15-21(5)6/h19-21H,7-18H2,1-6H3/p+3. The van der Waals surface area contributed by atoms with Crippen molar-refractivity contribution >= 4 is 98.6 Å². The van der Waals surface area contributed by atoms with Crippen molar-refractivity contribution in [2.45, 2.75) is 61.2 Å². The van der Waals surface area contributed by atoms with Gasteiger partial charge in [-0.05, 0) is 17.8 Å². The van der Waals surface area contributed by atoms with E-state index in [2.05, 4.69) is 0 Å². The van der Waals surface area contributed by atoms with Crippen molar-refractivity contribution < 1.29 is 57.2 Å². The van der Waals surface area contributed by atoms with Crippen LogP contribution in [0.5, 0.6) is 0 Å². The fraction of sp³-hybridized carbons (Fsp3) is 0.700. The van der Waals surface area contributed by atoms with Gasteiger partial charge in [0.1, 0.15) is 17.3 Å². The van der Waals surface area contributed by atoms with Crippen molar-refractivity contribution in [1.82, 2.24) is 13.7 Å². The zero-order valence-electron chi connectivity index (χ0n) is 30.7. The minimum Gasteiger partial charge on any atom is -0.465 e. The summed E-state index contributed by atoms with van der Waals surface area (Å²) in [5.41, 5.74) is -3.11. The maximum absolute atomic E-state index is 13.3. The highest BCUT2D eigenvalue weighted by atomic mass is 33.1. The smallest absolute Gasteiger partial charge is 0.465 e. The first kappa shape index (κ1) is 49.3. The molecule has 0 aliphatic carbocycles. The lowest BCUT2D eigenvalue weighted by Crippen LogP contribution is -2.55. The second-order valence-corrected chi connectivity index (χ2v) is 18.7. The summed E-state index contributed by atoms with van der Waals surface area (Å²) in [6, 6.07) is 0. The normalized spacial score (nSPS) is 11.1. The Morgan fingerprint density at radius 3 is 0.944 bits per heavy atom. The molecule has 0 atom stereocenters. The first-order valence-electron chi connectivity index (χ1n) is 16.4. The molecule has 0 amide bonds. The molecule has 1 rings (SSSR count). The number of nitrogens with zero attached hydrogens (tertiary/aromatic N) is 3. The molecular weight excluding hydrogens is 835 g/mol. The van der Waals surface area contributed by atoms with E-state index in [0.717, 1.165) is 64.8 Å². The van der Waals surface area contributed by atoms with Crippen LogP contribution in [0, 0.1) is 17.8 Å².